The molecule has 0 unspecified atom stereocenters. The molecular weight excluding hydrogens is 498 g/mol. The van der Waals surface area contributed by atoms with E-state index in [2.05, 4.69) is 30.6 Å². The van der Waals surface area contributed by atoms with Crippen molar-refractivity contribution in [2.24, 2.45) is 0 Å². The molecule has 0 spiro atoms. The summed E-state index contributed by atoms with van der Waals surface area (Å²) in [5.41, 5.74) is 0.939. The maximum absolute atomic E-state index is 14.0. The van der Waals surface area contributed by atoms with Crippen molar-refractivity contribution in [3.63, 3.8) is 0 Å². The Labute approximate surface area is 219 Å². The maximum Gasteiger partial charge on any atom is 0.296 e. The highest BCUT2D eigenvalue weighted by molar-refractivity contribution is 5.78. The summed E-state index contributed by atoms with van der Waals surface area (Å²) in [5, 5.41) is 6.46. The number of amides is 1. The number of halogens is 2. The Hall–Kier alpha value is -3.45. The molecule has 0 atom stereocenters. The molecule has 0 radical (unpaired) electrons. The topological polar surface area (TPSA) is 119 Å². The van der Waals surface area contributed by atoms with Gasteiger partial charge in [-0.15, -0.1) is 0 Å². The lowest BCUT2D eigenvalue weighted by atomic mass is 9.91. The van der Waals surface area contributed by atoms with E-state index in [4.69, 9.17) is 9.47 Å². The maximum atomic E-state index is 14.0. The molecule has 1 aliphatic carbocycles. The molecular formula is C25H32F2N8O3. The molecule has 1 amide bonds. The minimum atomic E-state index is -2.81. The van der Waals surface area contributed by atoms with Crippen LogP contribution < -0.4 is 15.5 Å². The van der Waals surface area contributed by atoms with Gasteiger partial charge in [-0.1, -0.05) is 12.1 Å². The van der Waals surface area contributed by atoms with Crippen molar-refractivity contribution in [1.29, 1.82) is 0 Å². The summed E-state index contributed by atoms with van der Waals surface area (Å²) < 4.78 is 39.8. The quantitative estimate of drug-likeness (QED) is 0.430. The van der Waals surface area contributed by atoms with Crippen molar-refractivity contribution in [3.05, 3.63) is 30.1 Å². The van der Waals surface area contributed by atoms with E-state index in [-0.39, 0.29) is 23.9 Å². The van der Waals surface area contributed by atoms with E-state index >= 15 is 0 Å². The molecule has 1 saturated carbocycles. The van der Waals surface area contributed by atoms with Gasteiger partial charge >= 0.3 is 0 Å². The molecule has 2 aromatic heterocycles. The number of para-hydroxylation sites is 2. The molecule has 1 saturated heterocycles. The minimum absolute atomic E-state index is 0.0112. The molecule has 1 aliphatic heterocycles. The molecule has 2 N–H and O–H groups in total. The lowest BCUT2D eigenvalue weighted by molar-refractivity contribution is -0.122. The molecule has 38 heavy (non-hydrogen) atoms. The number of fused-ring (bicyclic) bond motifs is 1. The van der Waals surface area contributed by atoms with Gasteiger partial charge in [-0.05, 0) is 37.8 Å². The summed E-state index contributed by atoms with van der Waals surface area (Å²) in [6, 6.07) is 7.12. The van der Waals surface area contributed by atoms with Crippen LogP contribution in [-0.2, 0) is 14.3 Å². The Kier molecular flexibility index (Phi) is 8.23. The van der Waals surface area contributed by atoms with E-state index in [1.165, 1.54) is 4.57 Å². The molecule has 0 bridgehead atoms. The zero-order chi connectivity index (χ0) is 26.5. The van der Waals surface area contributed by atoms with Crippen molar-refractivity contribution in [1.82, 2.24) is 29.8 Å². The number of carbonyl (C=O) groups is 1. The van der Waals surface area contributed by atoms with Gasteiger partial charge < -0.3 is 25.0 Å². The van der Waals surface area contributed by atoms with Crippen LogP contribution in [-0.4, -0.2) is 82.5 Å². The first-order valence-corrected chi connectivity index (χ1v) is 12.9. The fourth-order valence-corrected chi connectivity index (χ4v) is 4.88. The first-order valence-electron chi connectivity index (χ1n) is 12.9. The van der Waals surface area contributed by atoms with Crippen LogP contribution >= 0.6 is 0 Å². The average Bonchev–Trinajstić information content (AvgIpc) is 3.34. The second kappa shape index (κ2) is 11.9. The van der Waals surface area contributed by atoms with Crippen LogP contribution in [0.25, 0.3) is 17.0 Å². The number of morpholine rings is 1. The molecule has 11 nitrogen and oxygen atoms in total. The number of aromatic nitrogens is 5. The molecule has 1 aromatic carbocycles. The number of hydrogen-bond donors (Lipinski definition) is 2. The average molecular weight is 531 g/mol. The van der Waals surface area contributed by atoms with Gasteiger partial charge in [-0.3, -0.25) is 9.36 Å². The van der Waals surface area contributed by atoms with Crippen LogP contribution in [0.2, 0.25) is 0 Å². The minimum Gasteiger partial charge on any atom is -0.384 e. The number of carbonyl (C=O) groups excluding carboxylic acids is 1. The van der Waals surface area contributed by atoms with E-state index in [9.17, 15) is 13.6 Å². The van der Waals surface area contributed by atoms with Crippen LogP contribution in [0.5, 0.6) is 0 Å². The van der Waals surface area contributed by atoms with Crippen molar-refractivity contribution < 1.29 is 23.0 Å². The first-order chi connectivity index (χ1) is 18.5. The molecule has 3 aromatic rings. The number of alkyl halides is 2. The van der Waals surface area contributed by atoms with E-state index in [1.807, 2.05) is 4.90 Å². The lowest BCUT2D eigenvalue weighted by Gasteiger charge is -2.30. The predicted octanol–water partition coefficient (Wildman–Crippen LogP) is 2.86. The van der Waals surface area contributed by atoms with Crippen molar-refractivity contribution in [2.45, 2.75) is 50.6 Å². The molecule has 5 rings (SSSR count). The summed E-state index contributed by atoms with van der Waals surface area (Å²) in [6.07, 6.45) is 0.769. The highest BCUT2D eigenvalue weighted by Crippen LogP contribution is 2.28. The second-order valence-corrected chi connectivity index (χ2v) is 9.46. The Balaban J connectivity index is 1.39. The number of nitrogens with one attached hydrogen (secondary N) is 2. The molecule has 13 heteroatoms. The van der Waals surface area contributed by atoms with Crippen LogP contribution in [0.4, 0.5) is 20.7 Å². The summed E-state index contributed by atoms with van der Waals surface area (Å²) in [4.78, 5) is 32.0. The predicted molar refractivity (Wildman–Crippen MR) is 137 cm³/mol. The number of imidazole rings is 1. The number of nitrogens with zero attached hydrogens (tertiary/aromatic N) is 6. The van der Waals surface area contributed by atoms with E-state index in [1.54, 1.807) is 31.4 Å². The van der Waals surface area contributed by atoms with Gasteiger partial charge in [0.1, 0.15) is 0 Å². The monoisotopic (exact) mass is 530 g/mol. The molecule has 2 aliphatic rings. The van der Waals surface area contributed by atoms with E-state index < -0.39 is 12.2 Å². The van der Waals surface area contributed by atoms with Gasteiger partial charge in [0.25, 0.3) is 6.43 Å². The summed E-state index contributed by atoms with van der Waals surface area (Å²) in [5.74, 6) is 0.385. The molecule has 2 fully saturated rings. The van der Waals surface area contributed by atoms with Gasteiger partial charge in [0.05, 0.1) is 30.9 Å². The summed E-state index contributed by atoms with van der Waals surface area (Å²) >= 11 is 0. The lowest BCUT2D eigenvalue weighted by Crippen LogP contribution is -2.40. The van der Waals surface area contributed by atoms with Crippen molar-refractivity contribution in [2.75, 3.05) is 50.2 Å². The van der Waals surface area contributed by atoms with Crippen LogP contribution in [0.3, 0.4) is 0 Å². The Bertz CT molecular complexity index is 1240. The fraction of sp³-hybridized carbons (Fsp3) is 0.560. The Morgan fingerprint density at radius 2 is 1.76 bits per heavy atom. The van der Waals surface area contributed by atoms with E-state index in [0.29, 0.717) is 62.3 Å². The van der Waals surface area contributed by atoms with Crippen molar-refractivity contribution >= 4 is 28.8 Å². The van der Waals surface area contributed by atoms with Gasteiger partial charge in [0, 0.05) is 38.7 Å². The van der Waals surface area contributed by atoms with Crippen LogP contribution in [0.15, 0.2) is 24.3 Å². The highest BCUT2D eigenvalue weighted by atomic mass is 19.3. The largest absolute Gasteiger partial charge is 0.384 e. The number of methoxy groups -OCH3 is 1. The van der Waals surface area contributed by atoms with E-state index in [0.717, 1.165) is 25.7 Å². The number of benzene rings is 1. The molecule has 3 heterocycles. The normalized spacial score (nSPS) is 20.2. The SMILES string of the molecule is COCCC(=O)NC1CCC(Nc2nc(N3CCOCC3)nc(-n3c(C(F)F)nc4ccccc43)n2)CC1. The van der Waals surface area contributed by atoms with Gasteiger partial charge in [-0.25, -0.2) is 13.8 Å². The van der Waals surface area contributed by atoms with Crippen molar-refractivity contribution in [3.8, 4) is 5.95 Å². The summed E-state index contributed by atoms with van der Waals surface area (Å²) in [6.45, 7) is 2.63. The third-order valence-electron chi connectivity index (χ3n) is 6.85. The fourth-order valence-electron chi connectivity index (χ4n) is 4.88. The third-order valence-corrected chi connectivity index (χ3v) is 6.85. The Morgan fingerprint density at radius 3 is 2.50 bits per heavy atom. The zero-order valence-electron chi connectivity index (χ0n) is 21.3. The smallest absolute Gasteiger partial charge is 0.296 e. The molecule has 204 valence electrons. The standard InChI is InChI=1S/C25H32F2N8O3/c1-37-13-10-20(36)28-16-6-8-17(9-7-16)29-23-31-24(34-11-14-38-15-12-34)33-25(32-23)35-19-5-3-2-4-18(19)30-22(35)21(26)27/h2-5,16-17,21H,6-15H2,1H3,(H,28,36)(H,29,31,32,33). The number of anilines is 2. The van der Waals surface area contributed by atoms with Gasteiger partial charge in [0.2, 0.25) is 23.8 Å². The number of rotatable bonds is 9. The second-order valence-electron chi connectivity index (χ2n) is 9.46. The van der Waals surface area contributed by atoms with Gasteiger partial charge in [-0.2, -0.15) is 15.0 Å². The third kappa shape index (κ3) is 5.99. The van der Waals surface area contributed by atoms with Crippen LogP contribution in [0.1, 0.15) is 44.4 Å². The van der Waals surface area contributed by atoms with Crippen LogP contribution in [0, 0.1) is 0 Å². The number of hydrogen-bond acceptors (Lipinski definition) is 9. The highest BCUT2D eigenvalue weighted by Gasteiger charge is 2.26. The van der Waals surface area contributed by atoms with Gasteiger partial charge in [0.15, 0.2) is 5.82 Å². The zero-order valence-corrected chi connectivity index (χ0v) is 21.3. The summed E-state index contributed by atoms with van der Waals surface area (Å²) in [7, 11) is 1.57. The Morgan fingerprint density at radius 1 is 1.05 bits per heavy atom. The number of ether oxygens (including phenoxy) is 2. The first kappa shape index (κ1) is 26.2.